The van der Waals surface area contributed by atoms with E-state index >= 15 is 0 Å². The molecule has 7 nitrogen and oxygen atoms in total. The van der Waals surface area contributed by atoms with E-state index in [2.05, 4.69) is 50.0 Å². The highest BCUT2D eigenvalue weighted by atomic mass is 35.5. The number of aryl methyl sites for hydroxylation is 1. The predicted molar refractivity (Wildman–Crippen MR) is 117 cm³/mol. The minimum atomic E-state index is 0. The average Bonchev–Trinajstić information content (AvgIpc) is 3.22. The first-order chi connectivity index (χ1) is 13.8. The van der Waals surface area contributed by atoms with Crippen LogP contribution in [0.2, 0.25) is 0 Å². The van der Waals surface area contributed by atoms with Gasteiger partial charge in [0.05, 0.1) is 6.20 Å². The molecule has 8 heteroatoms. The first-order valence-electron chi connectivity index (χ1n) is 10.5. The molecule has 2 atom stereocenters. The van der Waals surface area contributed by atoms with Crippen molar-refractivity contribution in [2.75, 3.05) is 50.8 Å². The molecule has 0 spiro atoms. The Morgan fingerprint density at radius 2 is 1.97 bits per heavy atom. The third-order valence-corrected chi connectivity index (χ3v) is 6.22. The van der Waals surface area contributed by atoms with Crippen molar-refractivity contribution in [3.63, 3.8) is 0 Å². The molecule has 4 rings (SSSR count). The molecule has 0 amide bonds. The number of pyridine rings is 1. The van der Waals surface area contributed by atoms with Crippen LogP contribution in [-0.2, 0) is 13.1 Å². The third-order valence-electron chi connectivity index (χ3n) is 6.22. The molecule has 0 aliphatic carbocycles. The summed E-state index contributed by atoms with van der Waals surface area (Å²) in [5.74, 6) is 1.41. The maximum absolute atomic E-state index is 9.94. The van der Waals surface area contributed by atoms with Gasteiger partial charge in [-0.1, -0.05) is 6.07 Å². The minimum Gasteiger partial charge on any atom is -0.396 e. The van der Waals surface area contributed by atoms with Gasteiger partial charge in [-0.25, -0.2) is 4.98 Å². The van der Waals surface area contributed by atoms with Crippen LogP contribution < -0.4 is 4.90 Å². The standard InChI is InChI=1S/C21H32N6O.ClH/c1-2-27-15-18(13-23-27)14-24-9-11-25(12-10-24)20-16-26(8-6-19(20)17-28)21-5-3-4-7-22-21;/h3-5,7,13,15,19-20,28H,2,6,8-12,14,16-17H2,1H3;1H. The Bertz CT molecular complexity index is 734. The van der Waals surface area contributed by atoms with Crippen LogP contribution in [0.25, 0.3) is 0 Å². The molecular formula is C21H33ClN6O. The second-order valence-corrected chi connectivity index (χ2v) is 7.95. The van der Waals surface area contributed by atoms with Crippen LogP contribution in [0.5, 0.6) is 0 Å². The van der Waals surface area contributed by atoms with E-state index in [9.17, 15) is 5.11 Å². The molecule has 160 valence electrons. The molecule has 4 heterocycles. The second kappa shape index (κ2) is 10.4. The molecule has 29 heavy (non-hydrogen) atoms. The molecule has 2 unspecified atom stereocenters. The zero-order chi connectivity index (χ0) is 19.3. The molecule has 2 aliphatic rings. The quantitative estimate of drug-likeness (QED) is 0.767. The van der Waals surface area contributed by atoms with E-state index in [1.165, 1.54) is 5.56 Å². The van der Waals surface area contributed by atoms with E-state index in [4.69, 9.17) is 0 Å². The highest BCUT2D eigenvalue weighted by Gasteiger charge is 2.35. The molecule has 2 aliphatic heterocycles. The number of halogens is 1. The van der Waals surface area contributed by atoms with Crippen LogP contribution in [0.4, 0.5) is 5.82 Å². The Morgan fingerprint density at radius 1 is 1.14 bits per heavy atom. The van der Waals surface area contributed by atoms with Crippen LogP contribution >= 0.6 is 12.4 Å². The molecule has 1 N–H and O–H groups in total. The largest absolute Gasteiger partial charge is 0.396 e. The van der Waals surface area contributed by atoms with Crippen molar-refractivity contribution in [1.29, 1.82) is 0 Å². The first-order valence-corrected chi connectivity index (χ1v) is 10.5. The van der Waals surface area contributed by atoms with Crippen LogP contribution in [-0.4, -0.2) is 81.6 Å². The van der Waals surface area contributed by atoms with Gasteiger partial charge >= 0.3 is 0 Å². The van der Waals surface area contributed by atoms with Crippen molar-refractivity contribution in [2.45, 2.75) is 32.5 Å². The summed E-state index contributed by atoms with van der Waals surface area (Å²) < 4.78 is 1.99. The smallest absolute Gasteiger partial charge is 0.128 e. The molecule has 2 aromatic heterocycles. The molecule has 0 saturated carbocycles. The molecule has 2 fully saturated rings. The molecule has 0 aromatic carbocycles. The van der Waals surface area contributed by atoms with Crippen molar-refractivity contribution in [3.05, 3.63) is 42.4 Å². The lowest BCUT2D eigenvalue weighted by Crippen LogP contribution is -2.58. The van der Waals surface area contributed by atoms with Gasteiger partial charge in [0.25, 0.3) is 0 Å². The topological polar surface area (TPSA) is 60.7 Å². The van der Waals surface area contributed by atoms with Gasteiger partial charge in [-0.15, -0.1) is 12.4 Å². The van der Waals surface area contributed by atoms with Crippen LogP contribution in [0.15, 0.2) is 36.8 Å². The van der Waals surface area contributed by atoms with Crippen molar-refractivity contribution >= 4 is 18.2 Å². The van der Waals surface area contributed by atoms with Gasteiger partial charge in [-0.05, 0) is 25.5 Å². The van der Waals surface area contributed by atoms with Crippen molar-refractivity contribution in [3.8, 4) is 0 Å². The number of piperazine rings is 1. The highest BCUT2D eigenvalue weighted by molar-refractivity contribution is 5.85. The lowest BCUT2D eigenvalue weighted by molar-refractivity contribution is 0.0397. The lowest BCUT2D eigenvalue weighted by Gasteiger charge is -2.47. The zero-order valence-electron chi connectivity index (χ0n) is 17.2. The van der Waals surface area contributed by atoms with E-state index in [0.717, 1.165) is 64.6 Å². The second-order valence-electron chi connectivity index (χ2n) is 7.95. The Kier molecular flexibility index (Phi) is 7.89. The summed E-state index contributed by atoms with van der Waals surface area (Å²) in [6, 6.07) is 6.50. The maximum Gasteiger partial charge on any atom is 0.128 e. The number of hydrogen-bond donors (Lipinski definition) is 1. The summed E-state index contributed by atoms with van der Waals surface area (Å²) in [5.41, 5.74) is 1.29. The van der Waals surface area contributed by atoms with Gasteiger partial charge in [0.1, 0.15) is 5.82 Å². The van der Waals surface area contributed by atoms with Crippen molar-refractivity contribution < 1.29 is 5.11 Å². The zero-order valence-corrected chi connectivity index (χ0v) is 18.0. The van der Waals surface area contributed by atoms with E-state index in [1.807, 2.05) is 23.1 Å². The number of nitrogens with zero attached hydrogens (tertiary/aromatic N) is 6. The Hall–Kier alpha value is -1.67. The van der Waals surface area contributed by atoms with Gasteiger partial charge in [0, 0.05) is 88.9 Å². The number of aliphatic hydroxyl groups is 1. The van der Waals surface area contributed by atoms with Gasteiger partial charge in [0.15, 0.2) is 0 Å². The summed E-state index contributed by atoms with van der Waals surface area (Å²) in [6.45, 7) is 10.4. The SMILES string of the molecule is CCn1cc(CN2CCN(C3CN(c4ccccn4)CCC3CO)CC2)cn1.Cl. The van der Waals surface area contributed by atoms with Gasteiger partial charge < -0.3 is 10.0 Å². The number of aliphatic hydroxyl groups excluding tert-OH is 1. The van der Waals surface area contributed by atoms with E-state index in [-0.39, 0.29) is 19.0 Å². The van der Waals surface area contributed by atoms with Crippen molar-refractivity contribution in [2.24, 2.45) is 5.92 Å². The number of aromatic nitrogens is 3. The van der Waals surface area contributed by atoms with E-state index in [0.29, 0.717) is 12.0 Å². The summed E-state index contributed by atoms with van der Waals surface area (Å²) in [6.07, 6.45) is 7.03. The van der Waals surface area contributed by atoms with Gasteiger partial charge in [-0.3, -0.25) is 14.5 Å². The fourth-order valence-corrected chi connectivity index (χ4v) is 4.53. The Morgan fingerprint density at radius 3 is 2.62 bits per heavy atom. The number of anilines is 1. The minimum absolute atomic E-state index is 0. The first kappa shape index (κ1) is 22.0. The van der Waals surface area contributed by atoms with Crippen LogP contribution in [0, 0.1) is 5.92 Å². The molecule has 2 saturated heterocycles. The van der Waals surface area contributed by atoms with Crippen LogP contribution in [0.3, 0.4) is 0 Å². The molecular weight excluding hydrogens is 388 g/mol. The fraction of sp³-hybridized carbons (Fsp3) is 0.619. The summed E-state index contributed by atoms with van der Waals surface area (Å²) in [7, 11) is 0. The third kappa shape index (κ3) is 5.28. The molecule has 2 aromatic rings. The van der Waals surface area contributed by atoms with Crippen molar-refractivity contribution in [1.82, 2.24) is 24.6 Å². The highest BCUT2D eigenvalue weighted by Crippen LogP contribution is 2.26. The van der Waals surface area contributed by atoms with E-state index in [1.54, 1.807) is 0 Å². The predicted octanol–water partition coefficient (Wildman–Crippen LogP) is 1.72. The molecule has 0 bridgehead atoms. The van der Waals surface area contributed by atoms with Gasteiger partial charge in [0.2, 0.25) is 0 Å². The normalized spacial score (nSPS) is 23.7. The van der Waals surface area contributed by atoms with Crippen LogP contribution in [0.1, 0.15) is 18.9 Å². The number of piperidine rings is 1. The molecule has 0 radical (unpaired) electrons. The monoisotopic (exact) mass is 420 g/mol. The Labute approximate surface area is 179 Å². The van der Waals surface area contributed by atoms with Gasteiger partial charge in [-0.2, -0.15) is 5.10 Å². The summed E-state index contributed by atoms with van der Waals surface area (Å²) in [4.78, 5) is 12.0. The lowest BCUT2D eigenvalue weighted by atomic mass is 9.90. The fourth-order valence-electron chi connectivity index (χ4n) is 4.53. The van der Waals surface area contributed by atoms with E-state index < -0.39 is 0 Å². The summed E-state index contributed by atoms with van der Waals surface area (Å²) >= 11 is 0. The maximum atomic E-state index is 9.94. The Balaban J connectivity index is 0.00000240. The summed E-state index contributed by atoms with van der Waals surface area (Å²) in [5, 5.41) is 14.3. The number of hydrogen-bond acceptors (Lipinski definition) is 6. The number of rotatable bonds is 6. The average molecular weight is 421 g/mol.